The van der Waals surface area contributed by atoms with Crippen molar-refractivity contribution in [2.24, 2.45) is 0 Å². The standard InChI is InChI=1S/C13H11ClFNO2S/c1-9-3-2-4-10(7-9)16-19(17,18)11-5-6-13(15)12(14)8-11/h2-8,16H,1H3. The van der Waals surface area contributed by atoms with Crippen molar-refractivity contribution in [3.63, 3.8) is 0 Å². The fourth-order valence-electron chi connectivity index (χ4n) is 1.57. The van der Waals surface area contributed by atoms with E-state index in [0.717, 1.165) is 17.7 Å². The van der Waals surface area contributed by atoms with Gasteiger partial charge in [-0.15, -0.1) is 0 Å². The Balaban J connectivity index is 2.35. The average molecular weight is 300 g/mol. The van der Waals surface area contributed by atoms with E-state index < -0.39 is 15.8 Å². The van der Waals surface area contributed by atoms with Gasteiger partial charge >= 0.3 is 0 Å². The molecule has 0 heterocycles. The molecule has 0 spiro atoms. The summed E-state index contributed by atoms with van der Waals surface area (Å²) in [5, 5.41) is -0.230. The maximum absolute atomic E-state index is 13.0. The molecule has 2 aromatic carbocycles. The van der Waals surface area contributed by atoms with Crippen LogP contribution in [0.2, 0.25) is 5.02 Å². The topological polar surface area (TPSA) is 46.2 Å². The summed E-state index contributed by atoms with van der Waals surface area (Å²) in [6, 6.07) is 10.2. The number of nitrogens with one attached hydrogen (secondary N) is 1. The van der Waals surface area contributed by atoms with Gasteiger partial charge in [0.2, 0.25) is 0 Å². The molecule has 2 aromatic rings. The second-order valence-corrected chi connectivity index (χ2v) is 6.14. The second-order valence-electron chi connectivity index (χ2n) is 4.05. The largest absolute Gasteiger partial charge is 0.280 e. The van der Waals surface area contributed by atoms with Crippen LogP contribution in [0.15, 0.2) is 47.4 Å². The summed E-state index contributed by atoms with van der Waals surface area (Å²) in [5.41, 5.74) is 1.37. The van der Waals surface area contributed by atoms with Crippen molar-refractivity contribution in [2.75, 3.05) is 4.72 Å². The summed E-state index contributed by atoms with van der Waals surface area (Å²) < 4.78 is 39.6. The van der Waals surface area contributed by atoms with Gasteiger partial charge in [0.25, 0.3) is 10.0 Å². The third-order valence-corrected chi connectivity index (χ3v) is 4.14. The molecule has 100 valence electrons. The fraction of sp³-hybridized carbons (Fsp3) is 0.0769. The summed E-state index contributed by atoms with van der Waals surface area (Å²) >= 11 is 5.58. The number of rotatable bonds is 3. The zero-order valence-corrected chi connectivity index (χ0v) is 11.6. The molecule has 0 aliphatic heterocycles. The third kappa shape index (κ3) is 3.24. The van der Waals surface area contributed by atoms with Gasteiger partial charge in [-0.1, -0.05) is 23.7 Å². The van der Waals surface area contributed by atoms with E-state index in [4.69, 9.17) is 11.6 Å². The predicted molar refractivity (Wildman–Crippen MR) is 73.4 cm³/mol. The molecule has 6 heteroatoms. The number of anilines is 1. The lowest BCUT2D eigenvalue weighted by Gasteiger charge is -2.09. The molecule has 0 bridgehead atoms. The number of halogens is 2. The van der Waals surface area contributed by atoms with Crippen molar-refractivity contribution >= 4 is 27.3 Å². The minimum absolute atomic E-state index is 0.0830. The first-order chi connectivity index (χ1) is 8.88. The molecule has 0 saturated heterocycles. The molecular weight excluding hydrogens is 289 g/mol. The quantitative estimate of drug-likeness (QED) is 0.941. The predicted octanol–water partition coefficient (Wildman–Crippen LogP) is 3.59. The Hall–Kier alpha value is -1.59. The Morgan fingerprint density at radius 2 is 1.89 bits per heavy atom. The average Bonchev–Trinajstić information content (AvgIpc) is 2.32. The first-order valence-corrected chi connectivity index (χ1v) is 7.29. The normalized spacial score (nSPS) is 11.3. The molecule has 0 fully saturated rings. The summed E-state index contributed by atoms with van der Waals surface area (Å²) in [6.45, 7) is 1.85. The van der Waals surface area contributed by atoms with Gasteiger partial charge in [0.1, 0.15) is 5.82 Å². The fourth-order valence-corrected chi connectivity index (χ4v) is 2.89. The van der Waals surface area contributed by atoms with E-state index in [1.165, 1.54) is 6.07 Å². The maximum Gasteiger partial charge on any atom is 0.261 e. The van der Waals surface area contributed by atoms with E-state index in [2.05, 4.69) is 4.72 Å². The highest BCUT2D eigenvalue weighted by molar-refractivity contribution is 7.92. The Morgan fingerprint density at radius 1 is 1.16 bits per heavy atom. The van der Waals surface area contributed by atoms with Crippen LogP contribution < -0.4 is 4.72 Å². The Kier molecular flexibility index (Phi) is 3.78. The van der Waals surface area contributed by atoms with Crippen molar-refractivity contribution in [2.45, 2.75) is 11.8 Å². The molecule has 0 unspecified atom stereocenters. The van der Waals surface area contributed by atoms with Crippen LogP contribution in [0, 0.1) is 12.7 Å². The second kappa shape index (κ2) is 5.19. The van der Waals surface area contributed by atoms with Crippen molar-refractivity contribution in [3.05, 3.63) is 58.9 Å². The molecule has 3 nitrogen and oxygen atoms in total. The lowest BCUT2D eigenvalue weighted by atomic mass is 10.2. The van der Waals surface area contributed by atoms with Gasteiger partial charge in [0.05, 0.1) is 9.92 Å². The molecule has 0 saturated carbocycles. The van der Waals surface area contributed by atoms with E-state index in [1.807, 2.05) is 13.0 Å². The monoisotopic (exact) mass is 299 g/mol. The zero-order chi connectivity index (χ0) is 14.0. The summed E-state index contributed by atoms with van der Waals surface area (Å²) in [6.07, 6.45) is 0. The van der Waals surface area contributed by atoms with Crippen molar-refractivity contribution in [1.29, 1.82) is 0 Å². The molecule has 0 atom stereocenters. The molecular formula is C13H11ClFNO2S. The van der Waals surface area contributed by atoms with Gasteiger partial charge in [-0.05, 0) is 42.8 Å². The summed E-state index contributed by atoms with van der Waals surface area (Å²) in [7, 11) is -3.77. The van der Waals surface area contributed by atoms with Crippen LogP contribution in [0.25, 0.3) is 0 Å². The van der Waals surface area contributed by atoms with Crippen LogP contribution in [-0.4, -0.2) is 8.42 Å². The first-order valence-electron chi connectivity index (χ1n) is 5.43. The SMILES string of the molecule is Cc1cccc(NS(=O)(=O)c2ccc(F)c(Cl)c2)c1. The van der Waals surface area contributed by atoms with Gasteiger partial charge in [-0.25, -0.2) is 12.8 Å². The summed E-state index contributed by atoms with van der Waals surface area (Å²) in [4.78, 5) is -0.0830. The molecule has 2 rings (SSSR count). The van der Waals surface area contributed by atoms with E-state index in [9.17, 15) is 12.8 Å². The summed E-state index contributed by atoms with van der Waals surface area (Å²) in [5.74, 6) is -0.656. The maximum atomic E-state index is 13.0. The van der Waals surface area contributed by atoms with Gasteiger partial charge in [-0.2, -0.15) is 0 Å². The number of benzene rings is 2. The molecule has 19 heavy (non-hydrogen) atoms. The minimum atomic E-state index is -3.77. The number of aryl methyl sites for hydroxylation is 1. The van der Waals surface area contributed by atoms with E-state index in [0.29, 0.717) is 5.69 Å². The highest BCUT2D eigenvalue weighted by Gasteiger charge is 2.15. The minimum Gasteiger partial charge on any atom is -0.280 e. The zero-order valence-electron chi connectivity index (χ0n) is 10.0. The lowest BCUT2D eigenvalue weighted by Crippen LogP contribution is -2.13. The Labute approximate surface area is 116 Å². The first kappa shape index (κ1) is 13.8. The smallest absolute Gasteiger partial charge is 0.261 e. The molecule has 0 aliphatic carbocycles. The third-order valence-electron chi connectivity index (χ3n) is 2.47. The van der Waals surface area contributed by atoms with Gasteiger partial charge in [0.15, 0.2) is 0 Å². The number of hydrogen-bond acceptors (Lipinski definition) is 2. The van der Waals surface area contributed by atoms with Crippen LogP contribution in [0.4, 0.5) is 10.1 Å². The molecule has 1 N–H and O–H groups in total. The Bertz CT molecular complexity index is 716. The van der Waals surface area contributed by atoms with E-state index in [1.54, 1.807) is 18.2 Å². The molecule has 0 radical (unpaired) electrons. The highest BCUT2D eigenvalue weighted by atomic mass is 35.5. The van der Waals surface area contributed by atoms with E-state index >= 15 is 0 Å². The number of sulfonamides is 1. The van der Waals surface area contributed by atoms with Gasteiger partial charge < -0.3 is 0 Å². The van der Waals surface area contributed by atoms with Gasteiger partial charge in [0, 0.05) is 5.69 Å². The highest BCUT2D eigenvalue weighted by Crippen LogP contribution is 2.22. The van der Waals surface area contributed by atoms with Crippen molar-refractivity contribution < 1.29 is 12.8 Å². The van der Waals surface area contributed by atoms with Crippen LogP contribution in [0.1, 0.15) is 5.56 Å². The van der Waals surface area contributed by atoms with Gasteiger partial charge in [-0.3, -0.25) is 4.72 Å². The van der Waals surface area contributed by atoms with Crippen LogP contribution in [-0.2, 0) is 10.0 Å². The lowest BCUT2D eigenvalue weighted by molar-refractivity contribution is 0.599. The van der Waals surface area contributed by atoms with Crippen LogP contribution in [0.5, 0.6) is 0 Å². The molecule has 0 amide bonds. The molecule has 0 aliphatic rings. The van der Waals surface area contributed by atoms with Crippen molar-refractivity contribution in [1.82, 2.24) is 0 Å². The Morgan fingerprint density at radius 3 is 2.53 bits per heavy atom. The van der Waals surface area contributed by atoms with E-state index in [-0.39, 0.29) is 9.92 Å². The molecule has 0 aromatic heterocycles. The van der Waals surface area contributed by atoms with Crippen molar-refractivity contribution in [3.8, 4) is 0 Å². The number of hydrogen-bond donors (Lipinski definition) is 1. The van der Waals surface area contributed by atoms with Crippen LogP contribution >= 0.6 is 11.6 Å². The van der Waals surface area contributed by atoms with Crippen LogP contribution in [0.3, 0.4) is 0 Å².